The van der Waals surface area contributed by atoms with Crippen LogP contribution >= 0.6 is 0 Å². The standard InChI is InChI=1S/C23H26N4O2/c1-16-4-8-19(9-5-16)27-23(29)20-10-6-18(7-11-21(20)26-27)22(28)25-14-12-17-3-2-13-24-15-17/h2-5,8-9,13,15,18,26H,6-7,10-12,14H2,1H3,(H,25,28). The van der Waals surface area contributed by atoms with Gasteiger partial charge in [-0.3, -0.25) is 19.7 Å². The average Bonchev–Trinajstić information content (AvgIpc) is 2.91. The highest BCUT2D eigenvalue weighted by Crippen LogP contribution is 2.23. The number of rotatable bonds is 5. The molecule has 1 aliphatic carbocycles. The molecule has 0 saturated heterocycles. The number of aromatic amines is 1. The van der Waals surface area contributed by atoms with Crippen LogP contribution in [-0.4, -0.2) is 27.2 Å². The van der Waals surface area contributed by atoms with Crippen LogP contribution in [0.2, 0.25) is 0 Å². The Morgan fingerprint density at radius 2 is 2.00 bits per heavy atom. The molecular weight excluding hydrogens is 364 g/mol. The van der Waals surface area contributed by atoms with Crippen molar-refractivity contribution in [2.45, 2.75) is 39.0 Å². The molecule has 6 nitrogen and oxygen atoms in total. The van der Waals surface area contributed by atoms with Gasteiger partial charge in [0.15, 0.2) is 0 Å². The Labute approximate surface area is 170 Å². The summed E-state index contributed by atoms with van der Waals surface area (Å²) in [6, 6.07) is 11.8. The summed E-state index contributed by atoms with van der Waals surface area (Å²) in [5.41, 5.74) is 4.89. The first-order valence-corrected chi connectivity index (χ1v) is 10.2. The van der Waals surface area contributed by atoms with Gasteiger partial charge in [-0.25, -0.2) is 4.68 Å². The summed E-state index contributed by atoms with van der Waals surface area (Å²) in [4.78, 5) is 29.6. The second kappa shape index (κ2) is 8.47. The lowest BCUT2D eigenvalue weighted by atomic mass is 9.98. The van der Waals surface area contributed by atoms with E-state index in [4.69, 9.17) is 0 Å². The monoisotopic (exact) mass is 390 g/mol. The highest BCUT2D eigenvalue weighted by molar-refractivity contribution is 5.78. The number of aryl methyl sites for hydroxylation is 2. The van der Waals surface area contributed by atoms with Crippen LogP contribution in [0.3, 0.4) is 0 Å². The van der Waals surface area contributed by atoms with Crippen molar-refractivity contribution < 1.29 is 4.79 Å². The number of hydrogen-bond donors (Lipinski definition) is 2. The highest BCUT2D eigenvalue weighted by atomic mass is 16.2. The molecule has 2 heterocycles. The summed E-state index contributed by atoms with van der Waals surface area (Å²) in [6.45, 7) is 2.63. The van der Waals surface area contributed by atoms with E-state index < -0.39 is 0 Å². The number of carbonyl (C=O) groups is 1. The quantitative estimate of drug-likeness (QED) is 0.658. The predicted octanol–water partition coefficient (Wildman–Crippen LogP) is 2.72. The van der Waals surface area contributed by atoms with Gasteiger partial charge in [-0.05, 0) is 62.8 Å². The van der Waals surface area contributed by atoms with E-state index in [0.29, 0.717) is 25.8 Å². The van der Waals surface area contributed by atoms with E-state index >= 15 is 0 Å². The van der Waals surface area contributed by atoms with E-state index in [1.165, 1.54) is 0 Å². The SMILES string of the molecule is Cc1ccc(-n2[nH]c3c(c2=O)CCC(C(=O)NCCc2cccnc2)CC3)cc1. The van der Waals surface area contributed by atoms with Gasteiger partial charge in [-0.1, -0.05) is 23.8 Å². The maximum atomic E-state index is 12.9. The van der Waals surface area contributed by atoms with E-state index in [2.05, 4.69) is 15.4 Å². The number of nitrogens with zero attached hydrogens (tertiary/aromatic N) is 2. The lowest BCUT2D eigenvalue weighted by Crippen LogP contribution is -2.32. The van der Waals surface area contributed by atoms with Crippen LogP contribution in [0.25, 0.3) is 5.69 Å². The zero-order valence-electron chi connectivity index (χ0n) is 16.6. The molecule has 1 amide bonds. The molecule has 0 aliphatic heterocycles. The number of pyridine rings is 1. The molecule has 29 heavy (non-hydrogen) atoms. The number of fused-ring (bicyclic) bond motifs is 1. The maximum Gasteiger partial charge on any atom is 0.274 e. The first kappa shape index (κ1) is 19.2. The Morgan fingerprint density at radius 1 is 1.21 bits per heavy atom. The van der Waals surface area contributed by atoms with E-state index in [-0.39, 0.29) is 17.4 Å². The van der Waals surface area contributed by atoms with Crippen LogP contribution in [0.4, 0.5) is 0 Å². The van der Waals surface area contributed by atoms with Crippen LogP contribution in [-0.2, 0) is 24.1 Å². The summed E-state index contributed by atoms with van der Waals surface area (Å²) in [5.74, 6) is 0.0230. The molecule has 0 fully saturated rings. The van der Waals surface area contributed by atoms with Gasteiger partial charge in [0, 0.05) is 36.1 Å². The first-order chi connectivity index (χ1) is 14.1. The second-order valence-corrected chi connectivity index (χ2v) is 7.72. The Hall–Kier alpha value is -3.15. The fraction of sp³-hybridized carbons (Fsp3) is 0.348. The van der Waals surface area contributed by atoms with Gasteiger partial charge in [-0.15, -0.1) is 0 Å². The van der Waals surface area contributed by atoms with Crippen molar-refractivity contribution in [2.75, 3.05) is 6.54 Å². The summed E-state index contributed by atoms with van der Waals surface area (Å²) in [7, 11) is 0. The third-order valence-electron chi connectivity index (χ3n) is 5.66. The molecule has 1 unspecified atom stereocenters. The third kappa shape index (κ3) is 4.31. The van der Waals surface area contributed by atoms with Crippen molar-refractivity contribution >= 4 is 5.91 Å². The number of nitrogens with one attached hydrogen (secondary N) is 2. The fourth-order valence-corrected chi connectivity index (χ4v) is 3.92. The van der Waals surface area contributed by atoms with Crippen LogP contribution in [0.1, 0.15) is 35.2 Å². The minimum absolute atomic E-state index is 0.00138. The van der Waals surface area contributed by atoms with Crippen LogP contribution < -0.4 is 10.9 Å². The largest absolute Gasteiger partial charge is 0.356 e. The van der Waals surface area contributed by atoms with E-state index in [9.17, 15) is 9.59 Å². The Kier molecular flexibility index (Phi) is 5.60. The number of benzene rings is 1. The zero-order chi connectivity index (χ0) is 20.2. The van der Waals surface area contributed by atoms with Crippen molar-refractivity contribution in [1.82, 2.24) is 20.1 Å². The normalized spacial score (nSPS) is 16.1. The van der Waals surface area contributed by atoms with Crippen molar-refractivity contribution in [3.8, 4) is 5.69 Å². The minimum Gasteiger partial charge on any atom is -0.356 e. The molecule has 1 aliphatic rings. The molecule has 0 bridgehead atoms. The summed E-state index contributed by atoms with van der Waals surface area (Å²) >= 11 is 0. The van der Waals surface area contributed by atoms with Gasteiger partial charge in [0.1, 0.15) is 0 Å². The van der Waals surface area contributed by atoms with Gasteiger partial charge in [-0.2, -0.15) is 0 Å². The Morgan fingerprint density at radius 3 is 2.76 bits per heavy atom. The second-order valence-electron chi connectivity index (χ2n) is 7.72. The molecule has 6 heteroatoms. The molecule has 1 aromatic carbocycles. The smallest absolute Gasteiger partial charge is 0.274 e. The first-order valence-electron chi connectivity index (χ1n) is 10.2. The van der Waals surface area contributed by atoms with Crippen LogP contribution in [0.5, 0.6) is 0 Å². The Bertz CT molecular complexity index is 1030. The predicted molar refractivity (Wildman–Crippen MR) is 112 cm³/mol. The molecule has 0 radical (unpaired) electrons. The topological polar surface area (TPSA) is 79.8 Å². The number of hydrogen-bond acceptors (Lipinski definition) is 3. The van der Waals surface area contributed by atoms with E-state index in [0.717, 1.165) is 40.9 Å². The minimum atomic E-state index is -0.0584. The summed E-state index contributed by atoms with van der Waals surface area (Å²) in [5, 5.41) is 6.31. The van der Waals surface area contributed by atoms with E-state index in [1.54, 1.807) is 10.9 Å². The van der Waals surface area contributed by atoms with Gasteiger partial charge in [0.05, 0.1) is 5.69 Å². The molecule has 2 N–H and O–H groups in total. The highest BCUT2D eigenvalue weighted by Gasteiger charge is 2.25. The molecule has 1 atom stereocenters. The number of carbonyl (C=O) groups excluding carboxylic acids is 1. The molecular formula is C23H26N4O2. The Balaban J connectivity index is 1.38. The molecule has 4 rings (SSSR count). The summed E-state index contributed by atoms with van der Waals surface area (Å²) in [6.07, 6.45) is 7.13. The van der Waals surface area contributed by atoms with Gasteiger partial charge in [0.2, 0.25) is 5.91 Å². The maximum absolute atomic E-state index is 12.9. The number of aromatic nitrogens is 3. The van der Waals surface area contributed by atoms with Crippen LogP contribution in [0.15, 0.2) is 53.6 Å². The van der Waals surface area contributed by atoms with Gasteiger partial charge in [0.25, 0.3) is 5.56 Å². The fourth-order valence-electron chi connectivity index (χ4n) is 3.92. The molecule has 0 saturated carbocycles. The molecule has 0 spiro atoms. The van der Waals surface area contributed by atoms with Crippen molar-refractivity contribution in [2.24, 2.45) is 5.92 Å². The summed E-state index contributed by atoms with van der Waals surface area (Å²) < 4.78 is 1.62. The average molecular weight is 390 g/mol. The van der Waals surface area contributed by atoms with Gasteiger partial charge < -0.3 is 5.32 Å². The molecule has 2 aromatic heterocycles. The van der Waals surface area contributed by atoms with Crippen molar-refractivity contribution in [3.05, 3.63) is 81.5 Å². The van der Waals surface area contributed by atoms with Crippen molar-refractivity contribution in [3.63, 3.8) is 0 Å². The zero-order valence-corrected chi connectivity index (χ0v) is 16.6. The third-order valence-corrected chi connectivity index (χ3v) is 5.66. The van der Waals surface area contributed by atoms with E-state index in [1.807, 2.05) is 49.5 Å². The lowest BCUT2D eigenvalue weighted by Gasteiger charge is -2.14. The molecule has 150 valence electrons. The number of H-pyrrole nitrogens is 1. The molecule has 3 aromatic rings. The van der Waals surface area contributed by atoms with Crippen molar-refractivity contribution in [1.29, 1.82) is 0 Å². The van der Waals surface area contributed by atoms with Crippen LogP contribution in [0, 0.1) is 12.8 Å². The number of amides is 1. The van der Waals surface area contributed by atoms with Gasteiger partial charge >= 0.3 is 0 Å². The lowest BCUT2D eigenvalue weighted by molar-refractivity contribution is -0.125.